The first-order valence-corrected chi connectivity index (χ1v) is 12.4. The number of amides is 1. The molecule has 1 aromatic heterocycles. The summed E-state index contributed by atoms with van der Waals surface area (Å²) in [4.78, 5) is 22.3. The number of aromatic nitrogens is 1. The second kappa shape index (κ2) is 10.2. The lowest BCUT2D eigenvalue weighted by atomic mass is 9.92. The van der Waals surface area contributed by atoms with Crippen LogP contribution in [0.25, 0.3) is 22.2 Å². The van der Waals surface area contributed by atoms with Crippen molar-refractivity contribution in [1.29, 1.82) is 0 Å². The van der Waals surface area contributed by atoms with Gasteiger partial charge in [-0.15, -0.1) is 4.99 Å². The summed E-state index contributed by atoms with van der Waals surface area (Å²) < 4.78 is 13.7. The van der Waals surface area contributed by atoms with Gasteiger partial charge in [0.05, 0.1) is 30.6 Å². The quantitative estimate of drug-likeness (QED) is 0.249. The molecule has 8 nitrogen and oxygen atoms in total. The molecule has 1 unspecified atom stereocenters. The number of nitrogens with one attached hydrogen (secondary N) is 2. The molecule has 0 bridgehead atoms. The second-order valence-corrected chi connectivity index (χ2v) is 9.29. The van der Waals surface area contributed by atoms with Crippen molar-refractivity contribution in [1.82, 2.24) is 4.57 Å². The Morgan fingerprint density at radius 2 is 1.89 bits per heavy atom. The molecule has 2 N–H and O–H groups in total. The zero-order valence-electron chi connectivity index (χ0n) is 20.5. The van der Waals surface area contributed by atoms with E-state index in [1.165, 1.54) is 13.5 Å². The smallest absolute Gasteiger partial charge is 0.411 e. The molecule has 0 spiro atoms. The monoisotopic (exact) mass is 479 g/mol. The standard InChI is InChI=1S/C27H33N3O5/c1-4-33-22-14-15-23-24(16-22)30(21-6-5-7-21)26(25(23)29-35-32-3)19-10-12-20(13-11-19)28-27(31)34-17(2)18-8-9-18/h10-18,21,29H,4-9H2,1-3H3,(H,28,31). The second-order valence-electron chi connectivity index (χ2n) is 9.29. The van der Waals surface area contributed by atoms with E-state index in [0.29, 0.717) is 24.3 Å². The van der Waals surface area contributed by atoms with E-state index in [-0.39, 0.29) is 6.10 Å². The van der Waals surface area contributed by atoms with E-state index in [4.69, 9.17) is 19.3 Å². The molecule has 2 aliphatic rings. The van der Waals surface area contributed by atoms with Gasteiger partial charge in [-0.1, -0.05) is 12.1 Å². The highest BCUT2D eigenvalue weighted by atomic mass is 17.3. The largest absolute Gasteiger partial charge is 0.494 e. The fourth-order valence-electron chi connectivity index (χ4n) is 4.73. The molecule has 1 heterocycles. The Hall–Kier alpha value is -3.23. The molecule has 2 fully saturated rings. The summed E-state index contributed by atoms with van der Waals surface area (Å²) in [5, 5.41) is 3.87. The molecule has 5 rings (SSSR count). The zero-order chi connectivity index (χ0) is 24.4. The maximum atomic E-state index is 12.3. The molecule has 0 aliphatic heterocycles. The van der Waals surface area contributed by atoms with Crippen LogP contribution in [0.15, 0.2) is 42.5 Å². The van der Waals surface area contributed by atoms with Gasteiger partial charge < -0.3 is 14.0 Å². The number of anilines is 2. The number of fused-ring (bicyclic) bond motifs is 1. The normalized spacial score (nSPS) is 16.5. The summed E-state index contributed by atoms with van der Waals surface area (Å²) in [7, 11) is 1.47. The van der Waals surface area contributed by atoms with E-state index in [1.807, 2.05) is 50.2 Å². The Kier molecular flexibility index (Phi) is 6.83. The molecule has 3 aromatic rings. The molecule has 0 radical (unpaired) electrons. The maximum absolute atomic E-state index is 12.3. The topological polar surface area (TPSA) is 83.0 Å². The number of rotatable bonds is 10. The van der Waals surface area contributed by atoms with Crippen molar-refractivity contribution >= 4 is 28.4 Å². The van der Waals surface area contributed by atoms with Crippen molar-refractivity contribution in [2.24, 2.45) is 5.92 Å². The molecular formula is C27H33N3O5. The minimum absolute atomic E-state index is 0.0524. The number of carbonyl (C=O) groups is 1. The summed E-state index contributed by atoms with van der Waals surface area (Å²) in [5.41, 5.74) is 7.59. The van der Waals surface area contributed by atoms with Crippen LogP contribution in [0.5, 0.6) is 5.75 Å². The minimum Gasteiger partial charge on any atom is -0.494 e. The average molecular weight is 480 g/mol. The van der Waals surface area contributed by atoms with Crippen LogP contribution in [-0.2, 0) is 14.6 Å². The number of hydrogen-bond acceptors (Lipinski definition) is 6. The first-order valence-electron chi connectivity index (χ1n) is 12.4. The van der Waals surface area contributed by atoms with E-state index >= 15 is 0 Å². The van der Waals surface area contributed by atoms with E-state index in [0.717, 1.165) is 59.3 Å². The van der Waals surface area contributed by atoms with Crippen molar-refractivity contribution < 1.29 is 24.1 Å². The Morgan fingerprint density at radius 1 is 1.11 bits per heavy atom. The Bertz CT molecular complexity index is 1180. The fraction of sp³-hybridized carbons (Fsp3) is 0.444. The zero-order valence-corrected chi connectivity index (χ0v) is 20.5. The molecule has 1 atom stereocenters. The van der Waals surface area contributed by atoms with Crippen molar-refractivity contribution in [3.8, 4) is 17.0 Å². The van der Waals surface area contributed by atoms with E-state index in [9.17, 15) is 4.79 Å². The lowest BCUT2D eigenvalue weighted by Gasteiger charge is -2.30. The number of hydrogen-bond donors (Lipinski definition) is 2. The van der Waals surface area contributed by atoms with Crippen LogP contribution in [0.3, 0.4) is 0 Å². The Balaban J connectivity index is 1.49. The Labute approximate surface area is 205 Å². The summed E-state index contributed by atoms with van der Waals surface area (Å²) in [6.45, 7) is 4.54. The third-order valence-corrected chi connectivity index (χ3v) is 6.94. The van der Waals surface area contributed by atoms with Gasteiger partial charge in [-0.3, -0.25) is 5.32 Å². The summed E-state index contributed by atoms with van der Waals surface area (Å²) in [5.74, 6) is 1.34. The molecule has 2 saturated carbocycles. The number of carbonyl (C=O) groups excluding carboxylic acids is 1. The van der Waals surface area contributed by atoms with Gasteiger partial charge in [0.2, 0.25) is 0 Å². The van der Waals surface area contributed by atoms with Crippen LogP contribution in [-0.4, -0.2) is 30.5 Å². The van der Waals surface area contributed by atoms with Gasteiger partial charge in [-0.05, 0) is 76.1 Å². The van der Waals surface area contributed by atoms with Crippen molar-refractivity contribution in [2.75, 3.05) is 24.5 Å². The van der Waals surface area contributed by atoms with Crippen molar-refractivity contribution in [2.45, 2.75) is 58.1 Å². The van der Waals surface area contributed by atoms with Crippen LogP contribution >= 0.6 is 0 Å². The van der Waals surface area contributed by atoms with Crippen molar-refractivity contribution in [3.63, 3.8) is 0 Å². The molecule has 35 heavy (non-hydrogen) atoms. The van der Waals surface area contributed by atoms with Gasteiger partial charge >= 0.3 is 6.09 Å². The van der Waals surface area contributed by atoms with Gasteiger partial charge in [0.25, 0.3) is 0 Å². The van der Waals surface area contributed by atoms with E-state index < -0.39 is 6.09 Å². The number of nitrogens with zero attached hydrogens (tertiary/aromatic N) is 1. The highest BCUT2D eigenvalue weighted by Crippen LogP contribution is 2.46. The fourth-order valence-corrected chi connectivity index (χ4v) is 4.73. The van der Waals surface area contributed by atoms with Crippen molar-refractivity contribution in [3.05, 3.63) is 42.5 Å². The lowest BCUT2D eigenvalue weighted by molar-refractivity contribution is -0.248. The molecule has 2 aromatic carbocycles. The van der Waals surface area contributed by atoms with Gasteiger partial charge in [-0.25, -0.2) is 15.2 Å². The van der Waals surface area contributed by atoms with Crippen LogP contribution in [0.4, 0.5) is 16.2 Å². The average Bonchev–Trinajstić information content (AvgIpc) is 3.62. The lowest BCUT2D eigenvalue weighted by Crippen LogP contribution is -2.21. The third-order valence-electron chi connectivity index (χ3n) is 6.94. The van der Waals surface area contributed by atoms with Crippen LogP contribution < -0.4 is 15.5 Å². The highest BCUT2D eigenvalue weighted by Gasteiger charge is 2.31. The number of ether oxygens (including phenoxy) is 2. The first-order chi connectivity index (χ1) is 17.1. The minimum atomic E-state index is -0.417. The highest BCUT2D eigenvalue weighted by molar-refractivity contribution is 6.02. The van der Waals surface area contributed by atoms with Crippen LogP contribution in [0.1, 0.15) is 52.0 Å². The summed E-state index contributed by atoms with van der Waals surface area (Å²) >= 11 is 0. The molecule has 186 valence electrons. The van der Waals surface area contributed by atoms with Gasteiger partial charge in [-0.2, -0.15) is 0 Å². The summed E-state index contributed by atoms with van der Waals surface area (Å²) in [6, 6.07) is 14.3. The van der Waals surface area contributed by atoms with E-state index in [2.05, 4.69) is 21.4 Å². The first kappa shape index (κ1) is 23.5. The SMILES string of the molecule is CCOc1ccc2c(NOOC)c(-c3ccc(NC(=O)OC(C)C4CC4)cc3)n(C3CCC3)c2c1. The van der Waals surface area contributed by atoms with Gasteiger partial charge in [0.1, 0.15) is 11.9 Å². The summed E-state index contributed by atoms with van der Waals surface area (Å²) in [6.07, 6.45) is 5.23. The van der Waals surface area contributed by atoms with Crippen LogP contribution in [0.2, 0.25) is 0 Å². The molecule has 0 saturated heterocycles. The molecule has 8 heteroatoms. The Morgan fingerprint density at radius 3 is 2.51 bits per heavy atom. The third kappa shape index (κ3) is 4.94. The number of benzene rings is 2. The molecule has 1 amide bonds. The van der Waals surface area contributed by atoms with Gasteiger partial charge in [0, 0.05) is 28.7 Å². The maximum Gasteiger partial charge on any atom is 0.411 e. The molecular weight excluding hydrogens is 446 g/mol. The predicted molar refractivity (Wildman–Crippen MR) is 135 cm³/mol. The van der Waals surface area contributed by atoms with Crippen LogP contribution in [0, 0.1) is 5.92 Å². The predicted octanol–water partition coefficient (Wildman–Crippen LogP) is 6.68. The molecule has 2 aliphatic carbocycles. The van der Waals surface area contributed by atoms with E-state index in [1.54, 1.807) is 0 Å². The van der Waals surface area contributed by atoms with Gasteiger partial charge in [0.15, 0.2) is 0 Å².